The van der Waals surface area contributed by atoms with Crippen molar-refractivity contribution < 1.29 is 9.15 Å². The maximum atomic E-state index is 5.65. The van der Waals surface area contributed by atoms with Gasteiger partial charge in [0.1, 0.15) is 11.5 Å². The molecule has 0 amide bonds. The maximum absolute atomic E-state index is 5.65. The fraction of sp³-hybridized carbons (Fsp3) is 0.200. The number of aryl methyl sites for hydroxylation is 2. The van der Waals surface area contributed by atoms with Crippen LogP contribution in [0.3, 0.4) is 0 Å². The first-order valence-electron chi connectivity index (χ1n) is 6.13. The number of para-hydroxylation sites is 1. The lowest BCUT2D eigenvalue weighted by Gasteiger charge is -2.04. The van der Waals surface area contributed by atoms with Crippen LogP contribution in [0.5, 0.6) is 5.75 Å². The van der Waals surface area contributed by atoms with E-state index < -0.39 is 0 Å². The average Bonchev–Trinajstić information content (AvgIpc) is 2.75. The number of nitrogens with zero attached hydrogens (tertiary/aromatic N) is 2. The molecule has 0 aliphatic carbocycles. The first kappa shape index (κ1) is 11.7. The molecule has 0 atom stereocenters. The highest BCUT2D eigenvalue weighted by Crippen LogP contribution is 2.19. The Morgan fingerprint density at radius 2 is 2.05 bits per heavy atom. The van der Waals surface area contributed by atoms with Crippen LogP contribution in [0.2, 0.25) is 0 Å². The second-order valence-corrected chi connectivity index (χ2v) is 4.40. The smallest absolute Gasteiger partial charge is 0.232 e. The zero-order valence-corrected chi connectivity index (χ0v) is 10.9. The molecule has 1 aromatic carbocycles. The van der Waals surface area contributed by atoms with Crippen LogP contribution in [-0.4, -0.2) is 9.97 Å². The fourth-order valence-corrected chi connectivity index (χ4v) is 1.88. The Bertz CT molecular complexity index is 699. The van der Waals surface area contributed by atoms with Gasteiger partial charge in [0.25, 0.3) is 0 Å². The molecule has 19 heavy (non-hydrogen) atoms. The van der Waals surface area contributed by atoms with Crippen LogP contribution >= 0.6 is 0 Å². The normalized spacial score (nSPS) is 10.8. The summed E-state index contributed by atoms with van der Waals surface area (Å²) in [5, 5.41) is 1.06. The average molecular weight is 254 g/mol. The van der Waals surface area contributed by atoms with Gasteiger partial charge >= 0.3 is 0 Å². The Labute approximate surface area is 111 Å². The quantitative estimate of drug-likeness (QED) is 0.718. The van der Waals surface area contributed by atoms with Gasteiger partial charge in [-0.15, -0.1) is 0 Å². The van der Waals surface area contributed by atoms with Gasteiger partial charge in [0.2, 0.25) is 5.89 Å². The summed E-state index contributed by atoms with van der Waals surface area (Å²) >= 11 is 0. The number of pyridine rings is 1. The van der Waals surface area contributed by atoms with E-state index in [0.29, 0.717) is 18.2 Å². The highest BCUT2D eigenvalue weighted by Gasteiger charge is 2.06. The Morgan fingerprint density at radius 1 is 1.21 bits per heavy atom. The van der Waals surface area contributed by atoms with Crippen molar-refractivity contribution in [2.45, 2.75) is 20.5 Å². The predicted octanol–water partition coefficient (Wildman–Crippen LogP) is 3.42. The molecule has 0 radical (unpaired) electrons. The second-order valence-electron chi connectivity index (χ2n) is 4.40. The lowest BCUT2D eigenvalue weighted by atomic mass is 10.2. The molecular weight excluding hydrogens is 240 g/mol. The van der Waals surface area contributed by atoms with Gasteiger partial charge in [0.15, 0.2) is 6.61 Å². The Balaban J connectivity index is 1.78. The minimum atomic E-state index is 0.314. The van der Waals surface area contributed by atoms with E-state index in [1.807, 2.05) is 44.2 Å². The predicted molar refractivity (Wildman–Crippen MR) is 72.1 cm³/mol. The Hall–Kier alpha value is -2.36. The summed E-state index contributed by atoms with van der Waals surface area (Å²) in [5.74, 6) is 2.13. The molecule has 0 saturated carbocycles. The van der Waals surface area contributed by atoms with Gasteiger partial charge in [0, 0.05) is 5.39 Å². The Morgan fingerprint density at radius 3 is 2.84 bits per heavy atom. The molecule has 96 valence electrons. The van der Waals surface area contributed by atoms with Crippen LogP contribution in [0.25, 0.3) is 10.9 Å². The standard InChI is InChI=1S/C15H14N2O2/c1-10-11(2)19-15(17-10)9-18-13-7-12-5-3-4-6-14(12)16-8-13/h3-8H,9H2,1-2H3. The first-order valence-corrected chi connectivity index (χ1v) is 6.13. The zero-order chi connectivity index (χ0) is 13.2. The van der Waals surface area contributed by atoms with Gasteiger partial charge in [-0.25, -0.2) is 4.98 Å². The van der Waals surface area contributed by atoms with Gasteiger partial charge in [-0.05, 0) is 26.0 Å². The molecule has 0 spiro atoms. The molecule has 4 heteroatoms. The molecule has 2 heterocycles. The lowest BCUT2D eigenvalue weighted by Crippen LogP contribution is -1.96. The molecule has 0 aliphatic rings. The third-order valence-corrected chi connectivity index (χ3v) is 3.00. The summed E-state index contributed by atoms with van der Waals surface area (Å²) < 4.78 is 11.1. The van der Waals surface area contributed by atoms with Crippen LogP contribution in [0.15, 0.2) is 40.9 Å². The molecule has 3 aromatic rings. The number of hydrogen-bond acceptors (Lipinski definition) is 4. The minimum Gasteiger partial charge on any atom is -0.482 e. The number of ether oxygens (including phenoxy) is 1. The monoisotopic (exact) mass is 254 g/mol. The number of benzene rings is 1. The summed E-state index contributed by atoms with van der Waals surface area (Å²) in [7, 11) is 0. The maximum Gasteiger partial charge on any atom is 0.232 e. The van der Waals surface area contributed by atoms with Crippen LogP contribution in [0.1, 0.15) is 17.3 Å². The molecule has 0 unspecified atom stereocenters. The number of rotatable bonds is 3. The van der Waals surface area contributed by atoms with E-state index in [9.17, 15) is 0 Å². The van der Waals surface area contributed by atoms with E-state index in [-0.39, 0.29) is 0 Å². The van der Waals surface area contributed by atoms with Gasteiger partial charge in [-0.2, -0.15) is 0 Å². The summed E-state index contributed by atoms with van der Waals surface area (Å²) in [4.78, 5) is 8.62. The summed E-state index contributed by atoms with van der Waals surface area (Å²) in [6.45, 7) is 4.12. The van der Waals surface area contributed by atoms with Crippen molar-refractivity contribution in [3.8, 4) is 5.75 Å². The van der Waals surface area contributed by atoms with Crippen molar-refractivity contribution in [3.05, 3.63) is 53.9 Å². The summed E-state index contributed by atoms with van der Waals surface area (Å²) in [6, 6.07) is 9.89. The second kappa shape index (κ2) is 4.72. The van der Waals surface area contributed by atoms with E-state index in [1.165, 1.54) is 0 Å². The molecule has 0 aliphatic heterocycles. The highest BCUT2D eigenvalue weighted by molar-refractivity contribution is 5.79. The number of aromatic nitrogens is 2. The summed E-state index contributed by atoms with van der Waals surface area (Å²) in [6.07, 6.45) is 1.71. The van der Waals surface area contributed by atoms with E-state index in [0.717, 1.165) is 22.4 Å². The third kappa shape index (κ3) is 2.42. The van der Waals surface area contributed by atoms with Gasteiger partial charge in [-0.1, -0.05) is 18.2 Å². The minimum absolute atomic E-state index is 0.314. The van der Waals surface area contributed by atoms with Crippen molar-refractivity contribution in [1.29, 1.82) is 0 Å². The molecule has 0 fully saturated rings. The highest BCUT2D eigenvalue weighted by atomic mass is 16.5. The molecular formula is C15H14N2O2. The fourth-order valence-electron chi connectivity index (χ4n) is 1.88. The van der Waals surface area contributed by atoms with E-state index in [1.54, 1.807) is 6.20 Å². The van der Waals surface area contributed by atoms with Crippen molar-refractivity contribution >= 4 is 10.9 Å². The zero-order valence-electron chi connectivity index (χ0n) is 10.9. The van der Waals surface area contributed by atoms with Gasteiger partial charge in [0.05, 0.1) is 17.4 Å². The molecule has 4 nitrogen and oxygen atoms in total. The van der Waals surface area contributed by atoms with Crippen LogP contribution in [-0.2, 0) is 6.61 Å². The number of oxazole rings is 1. The first-order chi connectivity index (χ1) is 9.22. The Kier molecular flexibility index (Phi) is 2.91. The van der Waals surface area contributed by atoms with Crippen LogP contribution < -0.4 is 4.74 Å². The topological polar surface area (TPSA) is 48.2 Å². The lowest BCUT2D eigenvalue weighted by molar-refractivity contribution is 0.260. The van der Waals surface area contributed by atoms with Crippen molar-refractivity contribution in [2.75, 3.05) is 0 Å². The largest absolute Gasteiger partial charge is 0.482 e. The molecule has 0 N–H and O–H groups in total. The molecule has 0 bridgehead atoms. The molecule has 2 aromatic heterocycles. The van der Waals surface area contributed by atoms with Crippen LogP contribution in [0, 0.1) is 13.8 Å². The van der Waals surface area contributed by atoms with Crippen molar-refractivity contribution in [2.24, 2.45) is 0 Å². The van der Waals surface area contributed by atoms with E-state index in [4.69, 9.17) is 9.15 Å². The van der Waals surface area contributed by atoms with E-state index >= 15 is 0 Å². The third-order valence-electron chi connectivity index (χ3n) is 3.00. The number of fused-ring (bicyclic) bond motifs is 1. The molecule has 3 rings (SSSR count). The van der Waals surface area contributed by atoms with Gasteiger partial charge < -0.3 is 9.15 Å². The van der Waals surface area contributed by atoms with Crippen molar-refractivity contribution in [3.63, 3.8) is 0 Å². The van der Waals surface area contributed by atoms with E-state index in [2.05, 4.69) is 9.97 Å². The van der Waals surface area contributed by atoms with Crippen molar-refractivity contribution in [1.82, 2.24) is 9.97 Å². The summed E-state index contributed by atoms with van der Waals surface area (Å²) in [5.41, 5.74) is 1.85. The van der Waals surface area contributed by atoms with Gasteiger partial charge in [-0.3, -0.25) is 4.98 Å². The SMILES string of the molecule is Cc1nc(COc2cnc3ccccc3c2)oc1C. The molecule has 0 saturated heterocycles. The van der Waals surface area contributed by atoms with Crippen LogP contribution in [0.4, 0.5) is 0 Å². The number of hydrogen-bond donors (Lipinski definition) is 0.